The molecule has 0 aliphatic rings. The molecule has 0 bridgehead atoms. The van der Waals surface area contributed by atoms with Crippen LogP contribution in [0.15, 0.2) is 42.5 Å². The van der Waals surface area contributed by atoms with Crippen LogP contribution in [0, 0.1) is 13.8 Å². The quantitative estimate of drug-likeness (QED) is 0.904. The molecule has 2 N–H and O–H groups in total. The van der Waals surface area contributed by atoms with Gasteiger partial charge >= 0.3 is 0 Å². The van der Waals surface area contributed by atoms with Crippen molar-refractivity contribution >= 4 is 11.6 Å². The van der Waals surface area contributed by atoms with E-state index in [1.165, 1.54) is 0 Å². The van der Waals surface area contributed by atoms with E-state index >= 15 is 0 Å². The van der Waals surface area contributed by atoms with Gasteiger partial charge < -0.3 is 10.5 Å². The lowest BCUT2D eigenvalue weighted by atomic mass is 10.0. The summed E-state index contributed by atoms with van der Waals surface area (Å²) in [5, 5.41) is 0.681. The van der Waals surface area contributed by atoms with E-state index in [1.54, 1.807) is 0 Å². The predicted octanol–water partition coefficient (Wildman–Crippen LogP) is 4.42. The van der Waals surface area contributed by atoms with Gasteiger partial charge in [0.15, 0.2) is 0 Å². The van der Waals surface area contributed by atoms with Gasteiger partial charge in [0.1, 0.15) is 11.9 Å². The third kappa shape index (κ3) is 3.33. The van der Waals surface area contributed by atoms with Gasteiger partial charge in [0, 0.05) is 16.6 Å². The highest BCUT2D eigenvalue weighted by atomic mass is 35.5. The second-order valence-corrected chi connectivity index (χ2v) is 5.60. The van der Waals surface area contributed by atoms with Crippen LogP contribution >= 0.6 is 11.6 Å². The lowest BCUT2D eigenvalue weighted by Crippen LogP contribution is -2.29. The Morgan fingerprint density at radius 1 is 1.10 bits per heavy atom. The predicted molar refractivity (Wildman–Crippen MR) is 84.4 cm³/mol. The summed E-state index contributed by atoms with van der Waals surface area (Å²) in [5.74, 6) is 0.854. The number of benzene rings is 2. The first-order valence-corrected chi connectivity index (χ1v) is 7.10. The molecule has 2 nitrogen and oxygen atoms in total. The zero-order valence-corrected chi connectivity index (χ0v) is 12.8. The monoisotopic (exact) mass is 289 g/mol. The van der Waals surface area contributed by atoms with Crippen molar-refractivity contribution in [3.8, 4) is 5.75 Å². The van der Waals surface area contributed by atoms with Gasteiger partial charge in [0.25, 0.3) is 0 Å². The van der Waals surface area contributed by atoms with Gasteiger partial charge in [-0.2, -0.15) is 0 Å². The van der Waals surface area contributed by atoms with Crippen LogP contribution in [0.25, 0.3) is 0 Å². The number of hydrogen-bond acceptors (Lipinski definition) is 2. The van der Waals surface area contributed by atoms with E-state index in [0.29, 0.717) is 5.02 Å². The van der Waals surface area contributed by atoms with Gasteiger partial charge in [-0.05, 0) is 44.0 Å². The summed E-state index contributed by atoms with van der Waals surface area (Å²) >= 11 is 6.26. The minimum absolute atomic E-state index is 0.158. The van der Waals surface area contributed by atoms with Crippen LogP contribution in [0.2, 0.25) is 5.02 Å². The first-order valence-electron chi connectivity index (χ1n) is 6.73. The summed E-state index contributed by atoms with van der Waals surface area (Å²) in [6.45, 7) is 6.00. The van der Waals surface area contributed by atoms with Gasteiger partial charge in [0.2, 0.25) is 0 Å². The topological polar surface area (TPSA) is 35.2 Å². The minimum atomic E-state index is -0.260. The van der Waals surface area contributed by atoms with Crippen molar-refractivity contribution in [2.24, 2.45) is 5.73 Å². The van der Waals surface area contributed by atoms with Gasteiger partial charge in [-0.3, -0.25) is 0 Å². The number of ether oxygens (including phenoxy) is 1. The lowest BCUT2D eigenvalue weighted by molar-refractivity contribution is 0.179. The van der Waals surface area contributed by atoms with Gasteiger partial charge in [-0.1, -0.05) is 41.9 Å². The maximum Gasteiger partial charge on any atom is 0.140 e. The zero-order valence-electron chi connectivity index (χ0n) is 12.1. The highest BCUT2D eigenvalue weighted by Gasteiger charge is 2.21. The molecule has 0 aliphatic carbocycles. The first kappa shape index (κ1) is 14.9. The fourth-order valence-electron chi connectivity index (χ4n) is 2.13. The second kappa shape index (κ2) is 6.29. The Labute approximate surface area is 125 Å². The van der Waals surface area contributed by atoms with Crippen molar-refractivity contribution in [3.63, 3.8) is 0 Å². The molecular formula is C17H20ClNO. The summed E-state index contributed by atoms with van der Waals surface area (Å²) in [6.07, 6.45) is -0.260. The Morgan fingerprint density at radius 2 is 1.80 bits per heavy atom. The normalized spacial score (nSPS) is 13.8. The molecule has 0 heterocycles. The van der Waals surface area contributed by atoms with Crippen LogP contribution in [0.3, 0.4) is 0 Å². The number of hydrogen-bond donors (Lipinski definition) is 1. The molecule has 0 spiro atoms. The molecule has 0 amide bonds. The molecule has 0 aromatic heterocycles. The smallest absolute Gasteiger partial charge is 0.140 e. The number of nitrogens with two attached hydrogens (primary N) is 1. The van der Waals surface area contributed by atoms with Crippen molar-refractivity contribution in [2.75, 3.05) is 0 Å². The van der Waals surface area contributed by atoms with E-state index in [2.05, 4.69) is 12.1 Å². The van der Waals surface area contributed by atoms with Crippen LogP contribution < -0.4 is 10.5 Å². The number of aryl methyl sites for hydroxylation is 2. The molecule has 20 heavy (non-hydrogen) atoms. The molecule has 0 fully saturated rings. The fourth-order valence-corrected chi connectivity index (χ4v) is 2.37. The highest BCUT2D eigenvalue weighted by molar-refractivity contribution is 6.31. The van der Waals surface area contributed by atoms with Crippen LogP contribution in [-0.4, -0.2) is 6.04 Å². The molecule has 2 atom stereocenters. The molecule has 0 aliphatic heterocycles. The maximum absolute atomic E-state index is 6.26. The summed E-state index contributed by atoms with van der Waals surface area (Å²) in [5.41, 5.74) is 9.26. The molecule has 2 unspecified atom stereocenters. The van der Waals surface area contributed by atoms with E-state index in [9.17, 15) is 0 Å². The zero-order chi connectivity index (χ0) is 14.7. The minimum Gasteiger partial charge on any atom is -0.484 e. The third-order valence-electron chi connectivity index (χ3n) is 3.29. The summed E-state index contributed by atoms with van der Waals surface area (Å²) in [4.78, 5) is 0. The number of rotatable bonds is 4. The van der Waals surface area contributed by atoms with E-state index in [0.717, 1.165) is 22.4 Å². The van der Waals surface area contributed by atoms with Crippen molar-refractivity contribution < 1.29 is 4.74 Å². The molecule has 0 saturated heterocycles. The van der Waals surface area contributed by atoms with Crippen molar-refractivity contribution in [3.05, 3.63) is 64.2 Å². The molecule has 2 rings (SSSR count). The molecule has 3 heteroatoms. The Balaban J connectivity index is 2.36. The van der Waals surface area contributed by atoms with Crippen LogP contribution in [0.5, 0.6) is 5.75 Å². The Morgan fingerprint density at radius 3 is 2.45 bits per heavy atom. The molecular weight excluding hydrogens is 270 g/mol. The van der Waals surface area contributed by atoms with Crippen molar-refractivity contribution in [2.45, 2.75) is 32.9 Å². The molecule has 2 aromatic rings. The van der Waals surface area contributed by atoms with E-state index in [-0.39, 0.29) is 12.1 Å². The van der Waals surface area contributed by atoms with E-state index in [1.807, 2.05) is 51.1 Å². The highest BCUT2D eigenvalue weighted by Crippen LogP contribution is 2.31. The van der Waals surface area contributed by atoms with Crippen LogP contribution in [0.4, 0.5) is 0 Å². The fraction of sp³-hybridized carbons (Fsp3) is 0.294. The average Bonchev–Trinajstić information content (AvgIpc) is 2.40. The summed E-state index contributed by atoms with van der Waals surface area (Å²) in [7, 11) is 0. The number of halogens is 1. The van der Waals surface area contributed by atoms with Gasteiger partial charge in [-0.15, -0.1) is 0 Å². The Kier molecular flexibility index (Phi) is 4.69. The second-order valence-electron chi connectivity index (χ2n) is 5.19. The molecule has 106 valence electrons. The third-order valence-corrected chi connectivity index (χ3v) is 3.63. The first-order chi connectivity index (χ1) is 9.49. The van der Waals surface area contributed by atoms with Crippen molar-refractivity contribution in [1.82, 2.24) is 0 Å². The van der Waals surface area contributed by atoms with Crippen LogP contribution in [-0.2, 0) is 0 Å². The van der Waals surface area contributed by atoms with E-state index in [4.69, 9.17) is 22.1 Å². The standard InChI is InChI=1S/C17H20ClNO/c1-11-8-9-12(2)16(10-11)20-17(13(3)19)14-6-4-5-7-15(14)18/h4-10,13,17H,19H2,1-3H3. The Bertz CT molecular complexity index is 595. The lowest BCUT2D eigenvalue weighted by Gasteiger charge is -2.25. The largest absolute Gasteiger partial charge is 0.484 e. The summed E-state index contributed by atoms with van der Waals surface area (Å²) in [6, 6.07) is 13.7. The summed E-state index contributed by atoms with van der Waals surface area (Å²) < 4.78 is 6.14. The average molecular weight is 290 g/mol. The van der Waals surface area contributed by atoms with Crippen molar-refractivity contribution in [1.29, 1.82) is 0 Å². The van der Waals surface area contributed by atoms with Crippen LogP contribution in [0.1, 0.15) is 29.7 Å². The Hall–Kier alpha value is -1.51. The molecule has 0 saturated carbocycles. The SMILES string of the molecule is Cc1ccc(C)c(OC(c2ccccc2Cl)C(C)N)c1. The maximum atomic E-state index is 6.26. The molecule has 2 aromatic carbocycles. The van der Waals surface area contributed by atoms with E-state index < -0.39 is 0 Å². The van der Waals surface area contributed by atoms with Gasteiger partial charge in [-0.25, -0.2) is 0 Å². The van der Waals surface area contributed by atoms with Gasteiger partial charge in [0.05, 0.1) is 0 Å². The molecule has 0 radical (unpaired) electrons.